The monoisotopic (exact) mass is 419 g/mol. The number of fused-ring (bicyclic) bond motifs is 3. The molecule has 1 amide bonds. The average Bonchev–Trinajstić information content (AvgIpc) is 3.25. The number of rotatable bonds is 5. The molecule has 1 fully saturated rings. The van der Waals surface area contributed by atoms with Gasteiger partial charge in [-0.05, 0) is 46.9 Å². The summed E-state index contributed by atoms with van der Waals surface area (Å²) < 4.78 is 7.62. The number of aliphatic hydroxyl groups is 2. The summed E-state index contributed by atoms with van der Waals surface area (Å²) in [5.41, 5.74) is 4.19. The van der Waals surface area contributed by atoms with E-state index < -0.39 is 5.60 Å². The first-order valence-electron chi connectivity index (χ1n) is 10.4. The molecule has 160 valence electrons. The van der Waals surface area contributed by atoms with Gasteiger partial charge < -0.3 is 19.8 Å². The molecule has 7 nitrogen and oxygen atoms in total. The molecule has 2 aliphatic rings. The first-order valence-corrected chi connectivity index (χ1v) is 10.4. The number of carbonyl (C=O) groups excluding carboxylic acids is 1. The summed E-state index contributed by atoms with van der Waals surface area (Å²) in [4.78, 5) is 14.1. The number of amides is 1. The van der Waals surface area contributed by atoms with Crippen molar-refractivity contribution in [2.24, 2.45) is 13.0 Å². The maximum absolute atomic E-state index is 12.4. The van der Waals surface area contributed by atoms with Gasteiger partial charge in [0.2, 0.25) is 0 Å². The Bertz CT molecular complexity index is 1160. The van der Waals surface area contributed by atoms with Crippen LogP contribution in [0.3, 0.4) is 0 Å². The predicted octanol–water partition coefficient (Wildman–Crippen LogP) is 2.15. The maximum atomic E-state index is 12.4. The van der Waals surface area contributed by atoms with Gasteiger partial charge in [-0.1, -0.05) is 24.3 Å². The van der Waals surface area contributed by atoms with E-state index in [9.17, 15) is 9.90 Å². The van der Waals surface area contributed by atoms with Crippen LogP contribution >= 0.6 is 0 Å². The average molecular weight is 419 g/mol. The van der Waals surface area contributed by atoms with Crippen LogP contribution in [0, 0.1) is 5.92 Å². The quantitative estimate of drug-likeness (QED) is 0.662. The molecule has 1 saturated heterocycles. The van der Waals surface area contributed by atoms with Gasteiger partial charge >= 0.3 is 0 Å². The number of aryl methyl sites for hydroxylation is 1. The van der Waals surface area contributed by atoms with Crippen LogP contribution in [0.4, 0.5) is 0 Å². The fourth-order valence-electron chi connectivity index (χ4n) is 4.56. The fraction of sp³-hybridized carbons (Fsp3) is 0.333. The van der Waals surface area contributed by atoms with Crippen molar-refractivity contribution in [2.75, 3.05) is 26.3 Å². The van der Waals surface area contributed by atoms with Crippen LogP contribution in [0.15, 0.2) is 48.8 Å². The number of carbonyl (C=O) groups is 1. The Hall–Kier alpha value is -3.16. The third kappa shape index (κ3) is 3.21. The molecule has 2 N–H and O–H groups in total. The first-order chi connectivity index (χ1) is 14.9. The van der Waals surface area contributed by atoms with Crippen molar-refractivity contribution < 1.29 is 19.7 Å². The minimum Gasteiger partial charge on any atom is -0.484 e. The first kappa shape index (κ1) is 19.8. The van der Waals surface area contributed by atoms with Gasteiger partial charge in [-0.25, -0.2) is 0 Å². The van der Waals surface area contributed by atoms with Crippen LogP contribution in [0.25, 0.3) is 22.3 Å². The highest BCUT2D eigenvalue weighted by atomic mass is 16.5. The standard InChI is InChI=1S/C24H25N3O4/c1-24(30)20-6-4-3-5-18(20)23-19(16-9-25-26(2)12-16)7-17(8-21(23)24)31-14-22(29)27-10-15(11-27)13-28/h3-9,12,15,28,30H,10-11,13-14H2,1-2H3. The molecule has 7 heteroatoms. The number of aliphatic hydroxyl groups excluding tert-OH is 1. The Kier molecular flexibility index (Phi) is 4.60. The Balaban J connectivity index is 1.52. The fourth-order valence-corrected chi connectivity index (χ4v) is 4.56. The summed E-state index contributed by atoms with van der Waals surface area (Å²) in [6.07, 6.45) is 3.71. The molecule has 0 spiro atoms. The molecule has 0 saturated carbocycles. The van der Waals surface area contributed by atoms with E-state index in [4.69, 9.17) is 9.84 Å². The van der Waals surface area contributed by atoms with Crippen molar-refractivity contribution >= 4 is 5.91 Å². The summed E-state index contributed by atoms with van der Waals surface area (Å²) >= 11 is 0. The summed E-state index contributed by atoms with van der Waals surface area (Å²) in [5.74, 6) is 0.580. The lowest BCUT2D eigenvalue weighted by atomic mass is 9.91. The minimum absolute atomic E-state index is 0.0848. The summed E-state index contributed by atoms with van der Waals surface area (Å²) in [6, 6.07) is 11.6. The van der Waals surface area contributed by atoms with E-state index in [1.807, 2.05) is 49.6 Å². The molecular weight excluding hydrogens is 394 g/mol. The molecule has 1 aliphatic heterocycles. The Morgan fingerprint density at radius 3 is 2.71 bits per heavy atom. The molecule has 1 aromatic heterocycles. The van der Waals surface area contributed by atoms with Crippen molar-refractivity contribution in [3.63, 3.8) is 0 Å². The number of benzene rings is 2. The minimum atomic E-state index is -1.17. The summed E-state index contributed by atoms with van der Waals surface area (Å²) in [6.45, 7) is 2.93. The van der Waals surface area contributed by atoms with Crippen LogP contribution in [0.5, 0.6) is 5.75 Å². The van der Waals surface area contributed by atoms with E-state index in [1.54, 1.807) is 22.7 Å². The maximum Gasteiger partial charge on any atom is 0.260 e. The number of likely N-dealkylation sites (tertiary alicyclic amines) is 1. The molecule has 3 aromatic rings. The van der Waals surface area contributed by atoms with E-state index in [2.05, 4.69) is 5.10 Å². The van der Waals surface area contributed by atoms with Crippen LogP contribution in [0.1, 0.15) is 18.1 Å². The molecular formula is C24H25N3O4. The number of hydrogen-bond donors (Lipinski definition) is 2. The van der Waals surface area contributed by atoms with E-state index in [0.717, 1.165) is 33.4 Å². The third-order valence-electron chi connectivity index (χ3n) is 6.30. The molecule has 31 heavy (non-hydrogen) atoms. The van der Waals surface area contributed by atoms with Gasteiger partial charge in [0.25, 0.3) is 5.91 Å². The van der Waals surface area contributed by atoms with Gasteiger partial charge in [-0.15, -0.1) is 0 Å². The second-order valence-electron chi connectivity index (χ2n) is 8.55. The molecule has 5 rings (SSSR count). The van der Waals surface area contributed by atoms with E-state index in [1.165, 1.54) is 0 Å². The van der Waals surface area contributed by atoms with Gasteiger partial charge in [0.1, 0.15) is 11.4 Å². The number of nitrogens with zero attached hydrogens (tertiary/aromatic N) is 3. The molecule has 1 aliphatic carbocycles. The zero-order valence-corrected chi connectivity index (χ0v) is 17.6. The lowest BCUT2D eigenvalue weighted by Gasteiger charge is -2.38. The van der Waals surface area contributed by atoms with Crippen LogP contribution in [-0.4, -0.2) is 57.1 Å². The molecule has 1 atom stereocenters. The van der Waals surface area contributed by atoms with Gasteiger partial charge in [0.15, 0.2) is 6.61 Å². The third-order valence-corrected chi connectivity index (χ3v) is 6.30. The second-order valence-corrected chi connectivity index (χ2v) is 8.55. The largest absolute Gasteiger partial charge is 0.484 e. The lowest BCUT2D eigenvalue weighted by molar-refractivity contribution is -0.140. The SMILES string of the molecule is Cn1cc(-c2cc(OCC(=O)N3CC(CO)C3)cc3c2-c2ccccc2C3(C)O)cn1. The smallest absolute Gasteiger partial charge is 0.260 e. The molecule has 0 radical (unpaired) electrons. The second kappa shape index (κ2) is 7.21. The molecule has 2 aromatic carbocycles. The van der Waals surface area contributed by atoms with Crippen LogP contribution < -0.4 is 4.74 Å². The highest BCUT2D eigenvalue weighted by Gasteiger charge is 2.39. The number of ether oxygens (including phenoxy) is 1. The predicted molar refractivity (Wildman–Crippen MR) is 115 cm³/mol. The zero-order chi connectivity index (χ0) is 21.8. The van der Waals surface area contributed by atoms with Crippen molar-refractivity contribution in [2.45, 2.75) is 12.5 Å². The molecule has 2 heterocycles. The summed E-state index contributed by atoms with van der Waals surface area (Å²) in [7, 11) is 1.86. The molecule has 1 unspecified atom stereocenters. The number of aromatic nitrogens is 2. The van der Waals surface area contributed by atoms with E-state index >= 15 is 0 Å². The van der Waals surface area contributed by atoms with Crippen LogP contribution in [0.2, 0.25) is 0 Å². The van der Waals surface area contributed by atoms with E-state index in [0.29, 0.717) is 18.8 Å². The van der Waals surface area contributed by atoms with Gasteiger partial charge in [-0.3, -0.25) is 9.48 Å². The Labute approximate surface area is 180 Å². The normalized spacial score (nSPS) is 19.7. The van der Waals surface area contributed by atoms with E-state index in [-0.39, 0.29) is 25.0 Å². The topological polar surface area (TPSA) is 87.8 Å². The van der Waals surface area contributed by atoms with Crippen molar-refractivity contribution in [3.05, 3.63) is 59.9 Å². The Morgan fingerprint density at radius 2 is 2.00 bits per heavy atom. The lowest BCUT2D eigenvalue weighted by Crippen LogP contribution is -2.52. The summed E-state index contributed by atoms with van der Waals surface area (Å²) in [5, 5.41) is 24.8. The van der Waals surface area contributed by atoms with Gasteiger partial charge in [-0.2, -0.15) is 5.10 Å². The number of hydrogen-bond acceptors (Lipinski definition) is 5. The highest BCUT2D eigenvalue weighted by Crippen LogP contribution is 2.52. The van der Waals surface area contributed by atoms with Crippen molar-refractivity contribution in [3.8, 4) is 28.0 Å². The Morgan fingerprint density at radius 1 is 1.23 bits per heavy atom. The van der Waals surface area contributed by atoms with Gasteiger partial charge in [0.05, 0.1) is 6.20 Å². The van der Waals surface area contributed by atoms with Crippen LogP contribution in [-0.2, 0) is 17.4 Å². The van der Waals surface area contributed by atoms with Crippen molar-refractivity contribution in [1.29, 1.82) is 0 Å². The zero-order valence-electron chi connectivity index (χ0n) is 17.6. The van der Waals surface area contributed by atoms with Crippen molar-refractivity contribution in [1.82, 2.24) is 14.7 Å². The molecule has 0 bridgehead atoms. The highest BCUT2D eigenvalue weighted by molar-refractivity contribution is 5.92. The van der Waals surface area contributed by atoms with Gasteiger partial charge in [0, 0.05) is 44.4 Å².